The van der Waals surface area contributed by atoms with E-state index in [1.54, 1.807) is 25.2 Å². The van der Waals surface area contributed by atoms with E-state index in [4.69, 9.17) is 4.74 Å². The van der Waals surface area contributed by atoms with Gasteiger partial charge in [-0.25, -0.2) is 0 Å². The van der Waals surface area contributed by atoms with Crippen LogP contribution in [0.15, 0.2) is 18.2 Å². The minimum Gasteiger partial charge on any atom is -0.482 e. The Morgan fingerprint density at radius 3 is 2.72 bits per heavy atom. The average molecular weight is 249 g/mol. The molecule has 1 aliphatic rings. The number of ether oxygens (including phenoxy) is 1. The predicted molar refractivity (Wildman–Crippen MR) is 66.0 cm³/mol. The summed E-state index contributed by atoms with van der Waals surface area (Å²) < 4.78 is 5.26. The standard InChI is InChI=1S/C13H15NO4/c1-13(2,17)12(16)8-4-5-10-9(6-8)14(3)11(15)7-18-10/h4-6,17H,7H2,1-3H3. The fourth-order valence-corrected chi connectivity index (χ4v) is 1.77. The van der Waals surface area contributed by atoms with Gasteiger partial charge in [0.2, 0.25) is 0 Å². The average Bonchev–Trinajstić information content (AvgIpc) is 2.31. The molecule has 0 bridgehead atoms. The molecule has 0 atom stereocenters. The molecule has 1 amide bonds. The van der Waals surface area contributed by atoms with E-state index in [1.807, 2.05) is 0 Å². The lowest BCUT2D eigenvalue weighted by atomic mass is 9.96. The second kappa shape index (κ2) is 4.10. The van der Waals surface area contributed by atoms with Crippen molar-refractivity contribution in [3.63, 3.8) is 0 Å². The van der Waals surface area contributed by atoms with E-state index in [0.717, 1.165) is 0 Å². The molecule has 5 nitrogen and oxygen atoms in total. The monoisotopic (exact) mass is 249 g/mol. The van der Waals surface area contributed by atoms with Crippen molar-refractivity contribution in [2.45, 2.75) is 19.4 Å². The molecule has 0 spiro atoms. The molecule has 1 heterocycles. The second-order valence-corrected chi connectivity index (χ2v) is 4.81. The van der Waals surface area contributed by atoms with E-state index in [0.29, 0.717) is 17.0 Å². The van der Waals surface area contributed by atoms with Gasteiger partial charge in [-0.3, -0.25) is 9.59 Å². The van der Waals surface area contributed by atoms with Gasteiger partial charge in [0.05, 0.1) is 5.69 Å². The van der Waals surface area contributed by atoms with Gasteiger partial charge in [-0.05, 0) is 32.0 Å². The van der Waals surface area contributed by atoms with Gasteiger partial charge in [0.15, 0.2) is 12.4 Å². The van der Waals surface area contributed by atoms with Crippen molar-refractivity contribution in [1.82, 2.24) is 0 Å². The van der Waals surface area contributed by atoms with E-state index in [9.17, 15) is 14.7 Å². The number of likely N-dealkylation sites (N-methyl/N-ethyl adjacent to an activating group) is 1. The number of benzene rings is 1. The first-order chi connectivity index (χ1) is 8.30. The number of rotatable bonds is 2. The van der Waals surface area contributed by atoms with Crippen molar-refractivity contribution in [3.05, 3.63) is 23.8 Å². The lowest BCUT2D eigenvalue weighted by molar-refractivity contribution is -0.120. The van der Waals surface area contributed by atoms with E-state index in [1.165, 1.54) is 18.7 Å². The highest BCUT2D eigenvalue weighted by Gasteiger charge is 2.28. The van der Waals surface area contributed by atoms with E-state index >= 15 is 0 Å². The SMILES string of the molecule is CN1C(=O)COc2ccc(C(=O)C(C)(C)O)cc21. The van der Waals surface area contributed by atoms with Gasteiger partial charge in [0.25, 0.3) is 5.91 Å². The number of hydrogen-bond donors (Lipinski definition) is 1. The summed E-state index contributed by atoms with van der Waals surface area (Å²) in [6, 6.07) is 4.78. The van der Waals surface area contributed by atoms with Crippen LogP contribution in [0.5, 0.6) is 5.75 Å². The molecule has 0 unspecified atom stereocenters. The highest BCUT2D eigenvalue weighted by atomic mass is 16.5. The smallest absolute Gasteiger partial charge is 0.264 e. The number of nitrogens with zero attached hydrogens (tertiary/aromatic N) is 1. The summed E-state index contributed by atoms with van der Waals surface area (Å²) >= 11 is 0. The fourth-order valence-electron chi connectivity index (χ4n) is 1.77. The van der Waals surface area contributed by atoms with Crippen LogP contribution < -0.4 is 9.64 Å². The number of carbonyl (C=O) groups is 2. The summed E-state index contributed by atoms with van der Waals surface area (Å²) in [5.41, 5.74) is -0.542. The number of Topliss-reactive ketones (excluding diaryl/α,β-unsaturated/α-hetero) is 1. The summed E-state index contributed by atoms with van der Waals surface area (Å²) in [5, 5.41) is 9.70. The van der Waals surface area contributed by atoms with Gasteiger partial charge >= 0.3 is 0 Å². The Morgan fingerprint density at radius 1 is 1.44 bits per heavy atom. The van der Waals surface area contributed by atoms with E-state index in [2.05, 4.69) is 0 Å². The summed E-state index contributed by atoms with van der Waals surface area (Å²) in [5.74, 6) is -0.00326. The molecule has 0 saturated heterocycles. The number of ketones is 1. The third kappa shape index (κ3) is 2.09. The van der Waals surface area contributed by atoms with Crippen molar-refractivity contribution >= 4 is 17.4 Å². The largest absolute Gasteiger partial charge is 0.482 e. The maximum atomic E-state index is 11.9. The van der Waals surface area contributed by atoms with Crippen molar-refractivity contribution < 1.29 is 19.4 Å². The predicted octanol–water partition coefficient (Wildman–Crippen LogP) is 0.995. The number of hydrogen-bond acceptors (Lipinski definition) is 4. The highest BCUT2D eigenvalue weighted by molar-refractivity contribution is 6.04. The molecule has 0 radical (unpaired) electrons. The molecule has 5 heteroatoms. The molecule has 1 aromatic carbocycles. The maximum absolute atomic E-state index is 11.9. The Kier molecular flexibility index (Phi) is 2.86. The summed E-state index contributed by atoms with van der Waals surface area (Å²) in [6.07, 6.45) is 0. The molecule has 0 saturated carbocycles. The molecule has 1 N–H and O–H groups in total. The van der Waals surface area contributed by atoms with E-state index < -0.39 is 11.4 Å². The van der Waals surface area contributed by atoms with Gasteiger partial charge in [-0.2, -0.15) is 0 Å². The normalized spacial score (nSPS) is 15.1. The minimum absolute atomic E-state index is 0.00227. The second-order valence-electron chi connectivity index (χ2n) is 4.81. The number of amides is 1. The molecule has 1 aliphatic heterocycles. The zero-order chi connectivity index (χ0) is 13.5. The summed E-state index contributed by atoms with van der Waals surface area (Å²) in [4.78, 5) is 24.9. The highest BCUT2D eigenvalue weighted by Crippen LogP contribution is 2.32. The Labute approximate surface area is 105 Å². The van der Waals surface area contributed by atoms with Gasteiger partial charge in [0, 0.05) is 12.6 Å². The first-order valence-electron chi connectivity index (χ1n) is 5.61. The fraction of sp³-hybridized carbons (Fsp3) is 0.385. The van der Waals surface area contributed by atoms with Crippen LogP contribution in [-0.4, -0.2) is 36.1 Å². The first-order valence-corrected chi connectivity index (χ1v) is 5.61. The van der Waals surface area contributed by atoms with Gasteiger partial charge in [-0.1, -0.05) is 0 Å². The number of anilines is 1. The maximum Gasteiger partial charge on any atom is 0.264 e. The lowest BCUT2D eigenvalue weighted by Gasteiger charge is -2.26. The Balaban J connectivity index is 2.44. The van der Waals surface area contributed by atoms with Crippen LogP contribution in [0.4, 0.5) is 5.69 Å². The number of carbonyl (C=O) groups excluding carboxylic acids is 2. The van der Waals surface area contributed by atoms with Gasteiger partial charge < -0.3 is 14.7 Å². The van der Waals surface area contributed by atoms with Crippen LogP contribution in [0.3, 0.4) is 0 Å². The van der Waals surface area contributed by atoms with Crippen molar-refractivity contribution in [2.75, 3.05) is 18.6 Å². The molecule has 0 fully saturated rings. The van der Waals surface area contributed by atoms with Gasteiger partial charge in [0.1, 0.15) is 11.4 Å². The summed E-state index contributed by atoms with van der Waals surface area (Å²) in [6.45, 7) is 2.86. The molecule has 2 rings (SSSR count). The first kappa shape index (κ1) is 12.6. The number of fused-ring (bicyclic) bond motifs is 1. The third-order valence-electron chi connectivity index (χ3n) is 2.86. The van der Waals surface area contributed by atoms with Crippen LogP contribution in [0.1, 0.15) is 24.2 Å². The zero-order valence-electron chi connectivity index (χ0n) is 10.6. The Bertz CT molecular complexity index is 516. The quantitative estimate of drug-likeness (QED) is 0.794. The Hall–Kier alpha value is -1.88. The van der Waals surface area contributed by atoms with Crippen LogP contribution in [0, 0.1) is 0 Å². The molecule has 1 aromatic rings. The van der Waals surface area contributed by atoms with Crippen molar-refractivity contribution in [3.8, 4) is 5.75 Å². The third-order valence-corrected chi connectivity index (χ3v) is 2.86. The lowest BCUT2D eigenvalue weighted by Crippen LogP contribution is -2.36. The molecule has 96 valence electrons. The van der Waals surface area contributed by atoms with Gasteiger partial charge in [-0.15, -0.1) is 0 Å². The minimum atomic E-state index is -1.44. The molecule has 0 aromatic heterocycles. The van der Waals surface area contributed by atoms with Crippen LogP contribution in [0.2, 0.25) is 0 Å². The molecular weight excluding hydrogens is 234 g/mol. The Morgan fingerprint density at radius 2 is 2.11 bits per heavy atom. The molecular formula is C13H15NO4. The molecule has 18 heavy (non-hydrogen) atoms. The van der Waals surface area contributed by atoms with Crippen LogP contribution >= 0.6 is 0 Å². The van der Waals surface area contributed by atoms with Crippen molar-refractivity contribution in [1.29, 1.82) is 0 Å². The molecule has 0 aliphatic carbocycles. The van der Waals surface area contributed by atoms with Crippen LogP contribution in [0.25, 0.3) is 0 Å². The number of aliphatic hydroxyl groups is 1. The zero-order valence-corrected chi connectivity index (χ0v) is 10.6. The van der Waals surface area contributed by atoms with E-state index in [-0.39, 0.29) is 12.5 Å². The van der Waals surface area contributed by atoms with Crippen molar-refractivity contribution in [2.24, 2.45) is 0 Å². The topological polar surface area (TPSA) is 66.8 Å². The van der Waals surface area contributed by atoms with Crippen LogP contribution in [-0.2, 0) is 4.79 Å². The summed E-state index contributed by atoms with van der Waals surface area (Å²) in [7, 11) is 1.63.